The molecule has 0 aliphatic rings. The number of anilines is 1. The summed E-state index contributed by atoms with van der Waals surface area (Å²) in [6.07, 6.45) is 1.72. The SMILES string of the molecule is Nc1c(-c2ccc(Br)o2)nc2ccc(Cl)cn12. The van der Waals surface area contributed by atoms with Crippen LogP contribution in [0.3, 0.4) is 0 Å². The highest BCUT2D eigenvalue weighted by Gasteiger charge is 2.14. The molecule has 0 fully saturated rings. The van der Waals surface area contributed by atoms with E-state index in [1.165, 1.54) is 0 Å². The number of hydrogen-bond donors (Lipinski definition) is 1. The summed E-state index contributed by atoms with van der Waals surface area (Å²) in [5.74, 6) is 1.12. The highest BCUT2D eigenvalue weighted by atomic mass is 79.9. The molecule has 86 valence electrons. The van der Waals surface area contributed by atoms with E-state index in [0.29, 0.717) is 27.0 Å². The van der Waals surface area contributed by atoms with Gasteiger partial charge in [0.2, 0.25) is 0 Å². The van der Waals surface area contributed by atoms with E-state index in [4.69, 9.17) is 21.8 Å². The minimum absolute atomic E-state index is 0.504. The predicted molar refractivity (Wildman–Crippen MR) is 70.0 cm³/mol. The number of pyridine rings is 1. The molecule has 17 heavy (non-hydrogen) atoms. The molecule has 0 bridgehead atoms. The Morgan fingerprint density at radius 2 is 2.12 bits per heavy atom. The summed E-state index contributed by atoms with van der Waals surface area (Å²) in [5, 5.41) is 0.605. The van der Waals surface area contributed by atoms with E-state index in [1.54, 1.807) is 28.8 Å². The molecule has 0 spiro atoms. The van der Waals surface area contributed by atoms with Crippen LogP contribution >= 0.6 is 27.5 Å². The van der Waals surface area contributed by atoms with E-state index in [9.17, 15) is 0 Å². The first-order chi connectivity index (χ1) is 8.15. The van der Waals surface area contributed by atoms with Gasteiger partial charge in [0, 0.05) is 6.20 Å². The maximum atomic E-state index is 6.02. The first kappa shape index (κ1) is 10.7. The maximum absolute atomic E-state index is 6.02. The zero-order valence-corrected chi connectivity index (χ0v) is 10.9. The summed E-state index contributed by atoms with van der Waals surface area (Å²) >= 11 is 9.16. The summed E-state index contributed by atoms with van der Waals surface area (Å²) in [6.45, 7) is 0. The van der Waals surface area contributed by atoms with Gasteiger partial charge in [-0.25, -0.2) is 4.98 Å². The van der Waals surface area contributed by atoms with E-state index in [2.05, 4.69) is 20.9 Å². The zero-order valence-electron chi connectivity index (χ0n) is 8.52. The number of imidazole rings is 1. The van der Waals surface area contributed by atoms with Crippen molar-refractivity contribution >= 4 is 39.0 Å². The fourth-order valence-corrected chi connectivity index (χ4v) is 2.13. The first-order valence-electron chi connectivity index (χ1n) is 4.84. The van der Waals surface area contributed by atoms with Gasteiger partial charge in [0.25, 0.3) is 0 Å². The lowest BCUT2D eigenvalue weighted by molar-refractivity contribution is 0.554. The molecule has 6 heteroatoms. The van der Waals surface area contributed by atoms with Gasteiger partial charge in [0.05, 0.1) is 5.02 Å². The van der Waals surface area contributed by atoms with Gasteiger partial charge in [-0.2, -0.15) is 0 Å². The van der Waals surface area contributed by atoms with Gasteiger partial charge in [0.1, 0.15) is 17.2 Å². The number of fused-ring (bicyclic) bond motifs is 1. The van der Waals surface area contributed by atoms with E-state index < -0.39 is 0 Å². The molecular formula is C11H7BrClN3O. The topological polar surface area (TPSA) is 56.5 Å². The van der Waals surface area contributed by atoms with Crippen LogP contribution in [0.4, 0.5) is 5.82 Å². The Labute approximate surface area is 110 Å². The molecule has 0 saturated heterocycles. The van der Waals surface area contributed by atoms with Gasteiger partial charge in [-0.3, -0.25) is 4.40 Å². The Morgan fingerprint density at radius 1 is 1.29 bits per heavy atom. The molecule has 0 amide bonds. The van der Waals surface area contributed by atoms with Crippen molar-refractivity contribution in [2.24, 2.45) is 0 Å². The normalized spacial score (nSPS) is 11.2. The van der Waals surface area contributed by atoms with Crippen molar-refractivity contribution in [3.8, 4) is 11.5 Å². The fourth-order valence-electron chi connectivity index (χ4n) is 1.66. The van der Waals surface area contributed by atoms with Crippen molar-refractivity contribution in [2.75, 3.05) is 5.73 Å². The average molecular weight is 313 g/mol. The van der Waals surface area contributed by atoms with Gasteiger partial charge in [-0.15, -0.1) is 0 Å². The van der Waals surface area contributed by atoms with Crippen molar-refractivity contribution in [1.29, 1.82) is 0 Å². The lowest BCUT2D eigenvalue weighted by Crippen LogP contribution is -1.93. The predicted octanol–water partition coefficient (Wildman–Crippen LogP) is 3.59. The Bertz CT molecular complexity index is 704. The van der Waals surface area contributed by atoms with Crippen LogP contribution in [0.5, 0.6) is 0 Å². The number of halogens is 2. The average Bonchev–Trinajstić information content (AvgIpc) is 2.84. The molecule has 3 aromatic rings. The highest BCUT2D eigenvalue weighted by molar-refractivity contribution is 9.10. The molecule has 0 radical (unpaired) electrons. The zero-order chi connectivity index (χ0) is 12.0. The number of nitrogens with two attached hydrogens (primary N) is 1. The Morgan fingerprint density at radius 3 is 2.82 bits per heavy atom. The van der Waals surface area contributed by atoms with Crippen LogP contribution in [0.1, 0.15) is 0 Å². The molecule has 0 atom stereocenters. The van der Waals surface area contributed by atoms with Crippen LogP contribution in [0.15, 0.2) is 39.5 Å². The quantitative estimate of drug-likeness (QED) is 0.747. The molecule has 0 aliphatic carbocycles. The van der Waals surface area contributed by atoms with Crippen LogP contribution in [0.2, 0.25) is 5.02 Å². The van der Waals surface area contributed by atoms with Crippen molar-refractivity contribution in [1.82, 2.24) is 9.38 Å². The summed E-state index contributed by atoms with van der Waals surface area (Å²) in [5.41, 5.74) is 7.36. The summed E-state index contributed by atoms with van der Waals surface area (Å²) < 4.78 is 7.81. The van der Waals surface area contributed by atoms with Crippen molar-refractivity contribution in [3.05, 3.63) is 40.2 Å². The molecular weight excluding hydrogens is 305 g/mol. The number of rotatable bonds is 1. The molecule has 0 unspecified atom stereocenters. The minimum Gasteiger partial charge on any atom is -0.448 e. The molecule has 3 aromatic heterocycles. The van der Waals surface area contributed by atoms with E-state index in [0.717, 1.165) is 5.65 Å². The van der Waals surface area contributed by atoms with Crippen LogP contribution in [-0.4, -0.2) is 9.38 Å². The Hall–Kier alpha value is -1.46. The first-order valence-corrected chi connectivity index (χ1v) is 6.01. The highest BCUT2D eigenvalue weighted by Crippen LogP contribution is 2.30. The molecule has 3 rings (SSSR count). The largest absolute Gasteiger partial charge is 0.448 e. The second kappa shape index (κ2) is 3.78. The van der Waals surface area contributed by atoms with Crippen LogP contribution in [0.25, 0.3) is 17.1 Å². The lowest BCUT2D eigenvalue weighted by atomic mass is 10.3. The molecule has 4 nitrogen and oxygen atoms in total. The van der Waals surface area contributed by atoms with E-state index in [1.807, 2.05) is 6.07 Å². The van der Waals surface area contributed by atoms with Crippen molar-refractivity contribution in [2.45, 2.75) is 0 Å². The Balaban J connectivity index is 2.27. The summed E-state index contributed by atoms with van der Waals surface area (Å²) in [7, 11) is 0. The third-order valence-electron chi connectivity index (χ3n) is 2.43. The van der Waals surface area contributed by atoms with Crippen LogP contribution in [0, 0.1) is 0 Å². The molecule has 0 aliphatic heterocycles. The minimum atomic E-state index is 0.504. The molecule has 0 saturated carbocycles. The standard InChI is InChI=1S/C11H7BrClN3O/c12-8-3-2-7(17-8)10-11(14)16-5-6(13)1-4-9(16)15-10/h1-5H,14H2. The van der Waals surface area contributed by atoms with Gasteiger partial charge in [-0.05, 0) is 40.2 Å². The van der Waals surface area contributed by atoms with Crippen LogP contribution < -0.4 is 5.73 Å². The summed E-state index contributed by atoms with van der Waals surface area (Å²) in [6, 6.07) is 7.18. The number of nitrogen functional groups attached to an aromatic ring is 1. The summed E-state index contributed by atoms with van der Waals surface area (Å²) in [4.78, 5) is 4.40. The van der Waals surface area contributed by atoms with Gasteiger partial charge >= 0.3 is 0 Å². The number of aromatic nitrogens is 2. The molecule has 3 heterocycles. The fraction of sp³-hybridized carbons (Fsp3) is 0. The Kier molecular flexibility index (Phi) is 2.38. The molecule has 0 aromatic carbocycles. The van der Waals surface area contributed by atoms with Gasteiger partial charge in [-0.1, -0.05) is 11.6 Å². The number of nitrogens with zero attached hydrogens (tertiary/aromatic N) is 2. The monoisotopic (exact) mass is 311 g/mol. The second-order valence-corrected chi connectivity index (χ2v) is 4.74. The van der Waals surface area contributed by atoms with E-state index >= 15 is 0 Å². The van der Waals surface area contributed by atoms with Crippen molar-refractivity contribution in [3.63, 3.8) is 0 Å². The lowest BCUT2D eigenvalue weighted by Gasteiger charge is -1.96. The number of furan rings is 1. The molecule has 2 N–H and O–H groups in total. The van der Waals surface area contributed by atoms with E-state index in [-0.39, 0.29) is 0 Å². The van der Waals surface area contributed by atoms with Gasteiger partial charge < -0.3 is 10.2 Å². The van der Waals surface area contributed by atoms with Gasteiger partial charge in [0.15, 0.2) is 10.4 Å². The number of hydrogen-bond acceptors (Lipinski definition) is 3. The van der Waals surface area contributed by atoms with Crippen LogP contribution in [-0.2, 0) is 0 Å². The van der Waals surface area contributed by atoms with Crippen molar-refractivity contribution < 1.29 is 4.42 Å². The third-order valence-corrected chi connectivity index (χ3v) is 3.08. The smallest absolute Gasteiger partial charge is 0.169 e. The third kappa shape index (κ3) is 1.71. The maximum Gasteiger partial charge on any atom is 0.169 e. The second-order valence-electron chi connectivity index (χ2n) is 3.52.